The molecule has 2 saturated heterocycles. The monoisotopic (exact) mass is 918 g/mol. The van der Waals surface area contributed by atoms with Crippen molar-refractivity contribution < 1.29 is 96.3 Å². The van der Waals surface area contributed by atoms with E-state index in [-0.39, 0.29) is 99.3 Å². The van der Waals surface area contributed by atoms with E-state index >= 15 is 0 Å². The van der Waals surface area contributed by atoms with Gasteiger partial charge in [-0.25, -0.2) is 0 Å². The second-order valence-electron chi connectivity index (χ2n) is 16.3. The first-order valence-corrected chi connectivity index (χ1v) is 19.7. The number of aliphatic carboxylic acids is 8. The van der Waals surface area contributed by atoms with Gasteiger partial charge < -0.3 is 61.8 Å². The Hall–Kier alpha value is -6.34. The van der Waals surface area contributed by atoms with E-state index in [0.717, 1.165) is 0 Å². The molecule has 63 heavy (non-hydrogen) atoms. The molecule has 0 aromatic carbocycles. The third kappa shape index (κ3) is 11.2. The molecule has 1 aromatic rings. The minimum absolute atomic E-state index is 0. The molecule has 0 saturated carbocycles. The molecular formula is C42H46FeN4O16. The fraction of sp³-hybridized carbons (Fsp3) is 0.476. The standard InChI is InChI=1S/C42H46N4O16.Fe/c1-41(17-39(59)60)23(5-9-35(51)52)29-14-27-21(11-37(55)56)19(3-7-33(47)48)25(43-27)13-26-20(4-8-34(49)50)22(12-38(57)58)28(44-26)15-31-42(2,18-40(61)62)24(6-10-36(53)54)30(46-31)16-32(41)45-29;/h13-16,20,22-23,31H,3-12,17-18H2,1-2H3,(H,47,48)(H,49,50)(H,51,52)(H,53,54)(H,55,56)(H,57,58)(H,59,60)(H,61,62);/q-4;+4/b26-13-,28-15+,29-14-,32-16+;/t20-,22+,23-,31?,41+,42+;/m1./s1. The summed E-state index contributed by atoms with van der Waals surface area (Å²) < 4.78 is 0. The maximum atomic E-state index is 12.6. The Morgan fingerprint density at radius 2 is 1.13 bits per heavy atom. The third-order valence-corrected chi connectivity index (χ3v) is 12.0. The van der Waals surface area contributed by atoms with Gasteiger partial charge in [-0.15, -0.1) is 23.2 Å². The van der Waals surface area contributed by atoms with Crippen LogP contribution < -0.4 is 4.98 Å². The van der Waals surface area contributed by atoms with Crippen LogP contribution in [-0.2, 0) is 68.3 Å². The van der Waals surface area contributed by atoms with Crippen LogP contribution >= 0.6 is 0 Å². The van der Waals surface area contributed by atoms with E-state index < -0.39 is 134 Å². The summed E-state index contributed by atoms with van der Waals surface area (Å²) in [5.41, 5.74) is -2.14. The van der Waals surface area contributed by atoms with Crippen molar-refractivity contribution in [1.82, 2.24) is 4.98 Å². The average molecular weight is 919 g/mol. The fourth-order valence-electron chi connectivity index (χ4n) is 9.13. The van der Waals surface area contributed by atoms with Gasteiger partial charge in [-0.2, -0.15) is 22.8 Å². The molecule has 0 amide bonds. The van der Waals surface area contributed by atoms with Gasteiger partial charge in [0.2, 0.25) is 0 Å². The van der Waals surface area contributed by atoms with E-state index in [1.54, 1.807) is 6.92 Å². The maximum Gasteiger partial charge on any atom is 4.00 e. The molecule has 2 fully saturated rings. The molecule has 5 rings (SSSR count). The van der Waals surface area contributed by atoms with Crippen LogP contribution in [-0.4, -0.2) is 94.6 Å². The van der Waals surface area contributed by atoms with Crippen LogP contribution in [0.3, 0.4) is 0 Å². The average Bonchev–Trinajstić information content (AvgIpc) is 3.77. The molecular weight excluding hydrogens is 872 g/mol. The van der Waals surface area contributed by atoms with Crippen LogP contribution in [0.4, 0.5) is 0 Å². The Balaban J connectivity index is 0.00000871. The Morgan fingerprint density at radius 3 is 1.70 bits per heavy atom. The van der Waals surface area contributed by atoms with Crippen molar-refractivity contribution in [2.75, 3.05) is 0 Å². The van der Waals surface area contributed by atoms with E-state index in [1.807, 2.05) is 0 Å². The predicted molar refractivity (Wildman–Crippen MR) is 214 cm³/mol. The number of hydrogen-bond donors (Lipinski definition) is 8. The molecule has 4 aliphatic heterocycles. The molecule has 6 atom stereocenters. The fourth-order valence-corrected chi connectivity index (χ4v) is 9.13. The molecule has 0 spiro atoms. The Labute approximate surface area is 370 Å². The van der Waals surface area contributed by atoms with Crippen molar-refractivity contribution in [3.8, 4) is 0 Å². The minimum Gasteiger partial charge on any atom is -0.678 e. The van der Waals surface area contributed by atoms with Gasteiger partial charge in [0, 0.05) is 25.7 Å². The summed E-state index contributed by atoms with van der Waals surface area (Å²) >= 11 is 0. The van der Waals surface area contributed by atoms with Crippen LogP contribution in [0.25, 0.3) is 28.1 Å². The molecule has 0 aliphatic carbocycles. The number of allylic oxidation sites excluding steroid dienone is 5. The molecule has 0 radical (unpaired) electrons. The van der Waals surface area contributed by atoms with E-state index in [0.29, 0.717) is 0 Å². The molecule has 20 nitrogen and oxygen atoms in total. The summed E-state index contributed by atoms with van der Waals surface area (Å²) in [6.07, 6.45) is 0.445. The van der Waals surface area contributed by atoms with Crippen molar-refractivity contribution in [2.24, 2.45) is 28.6 Å². The van der Waals surface area contributed by atoms with E-state index in [9.17, 15) is 79.2 Å². The molecule has 8 N–H and O–H groups in total. The summed E-state index contributed by atoms with van der Waals surface area (Å²) in [6.45, 7) is 3.08. The van der Waals surface area contributed by atoms with Gasteiger partial charge in [-0.05, 0) is 59.8 Å². The summed E-state index contributed by atoms with van der Waals surface area (Å²) in [7, 11) is 0. The zero-order valence-corrected chi connectivity index (χ0v) is 35.2. The predicted octanol–water partition coefficient (Wildman–Crippen LogP) is 5.41. The number of hydrogen-bond acceptors (Lipinski definition) is 8. The molecule has 1 unspecified atom stereocenters. The molecule has 1 aromatic heterocycles. The van der Waals surface area contributed by atoms with Crippen molar-refractivity contribution in [1.29, 1.82) is 0 Å². The van der Waals surface area contributed by atoms with Gasteiger partial charge in [0.15, 0.2) is 0 Å². The molecule has 8 bridgehead atoms. The van der Waals surface area contributed by atoms with Crippen LogP contribution in [0.2, 0.25) is 0 Å². The van der Waals surface area contributed by atoms with Crippen molar-refractivity contribution in [3.05, 3.63) is 84.7 Å². The number of fused-ring (bicyclic) bond motifs is 8. The summed E-state index contributed by atoms with van der Waals surface area (Å²) in [4.78, 5) is 103. The van der Waals surface area contributed by atoms with Gasteiger partial charge in [0.25, 0.3) is 0 Å². The second-order valence-corrected chi connectivity index (χ2v) is 16.3. The Bertz CT molecular complexity index is 2250. The van der Waals surface area contributed by atoms with Crippen LogP contribution in [0, 0.1) is 28.6 Å². The van der Waals surface area contributed by atoms with Crippen molar-refractivity contribution in [2.45, 2.75) is 96.9 Å². The number of carboxylic acid groups (broad SMARTS) is 8. The Kier molecular flexibility index (Phi) is 15.5. The van der Waals surface area contributed by atoms with Gasteiger partial charge in [0.1, 0.15) is 0 Å². The smallest absolute Gasteiger partial charge is 0.678 e. The first-order chi connectivity index (χ1) is 29.0. The van der Waals surface area contributed by atoms with Gasteiger partial charge in [-0.1, -0.05) is 49.3 Å². The first kappa shape index (κ1) is 49.3. The zero-order valence-electron chi connectivity index (χ0n) is 34.1. The van der Waals surface area contributed by atoms with E-state index in [4.69, 9.17) is 20.9 Å². The first-order valence-electron chi connectivity index (χ1n) is 19.7. The summed E-state index contributed by atoms with van der Waals surface area (Å²) in [5.74, 6) is -13.0. The molecule has 338 valence electrons. The van der Waals surface area contributed by atoms with E-state index in [1.165, 1.54) is 31.2 Å². The van der Waals surface area contributed by atoms with Gasteiger partial charge in [-0.3, -0.25) is 38.4 Å². The van der Waals surface area contributed by atoms with Crippen molar-refractivity contribution in [3.63, 3.8) is 0 Å². The van der Waals surface area contributed by atoms with Crippen LogP contribution in [0.15, 0.2) is 46.2 Å². The number of aromatic nitrogens is 1. The van der Waals surface area contributed by atoms with Gasteiger partial charge in [0.05, 0.1) is 25.7 Å². The molecule has 4 aliphatic rings. The van der Waals surface area contributed by atoms with Crippen molar-refractivity contribution >= 4 is 59.9 Å². The minimum atomic E-state index is -1.50. The van der Waals surface area contributed by atoms with Crippen LogP contribution in [0.5, 0.6) is 0 Å². The Morgan fingerprint density at radius 1 is 0.571 bits per heavy atom. The molecule has 5 heterocycles. The zero-order chi connectivity index (χ0) is 45.8. The van der Waals surface area contributed by atoms with Crippen LogP contribution in [0.1, 0.15) is 101 Å². The quantitative estimate of drug-likeness (QED) is 0.0757. The topological polar surface area (TPSA) is 355 Å². The summed E-state index contributed by atoms with van der Waals surface area (Å²) in [5, 5.41) is 94.2. The second kappa shape index (κ2) is 19.8. The van der Waals surface area contributed by atoms with Gasteiger partial charge >= 0.3 is 64.8 Å². The normalized spacial score (nSPS) is 27.9. The largest absolute Gasteiger partial charge is 4.00 e. The maximum absolute atomic E-state index is 12.6. The number of carboxylic acids is 8. The third-order valence-electron chi connectivity index (χ3n) is 12.0. The SMILES string of the molecule is C[C@]1(CC(=O)O)C(CCC(=O)O)=C2/C=C3/[N-]/C(=C\c4[n-]c(c(CCC(=O)O)c4CC(=O)O)/C=C4\[N-]/C(=C/C1[N-]2)[C@@H](CC(=O)O)[C@H]4CCC(=O)O)[C@@H](CCC(=O)O)[C@]3(C)CC(=O)O.[Fe+4]. The summed E-state index contributed by atoms with van der Waals surface area (Å²) in [6, 6.07) is -1.17. The molecule has 21 heteroatoms. The number of nitrogens with zero attached hydrogens (tertiary/aromatic N) is 4. The van der Waals surface area contributed by atoms with E-state index in [2.05, 4.69) is 0 Å². The number of carbonyl (C=O) groups is 8. The number of rotatable bonds is 20.